The molecule has 0 saturated heterocycles. The van der Waals surface area contributed by atoms with Crippen LogP contribution in [0.3, 0.4) is 0 Å². The topological polar surface area (TPSA) is 61.0 Å². The Morgan fingerprint density at radius 2 is 2.38 bits per heavy atom. The highest BCUT2D eigenvalue weighted by Crippen LogP contribution is 2.15. The summed E-state index contributed by atoms with van der Waals surface area (Å²) in [6.45, 7) is 4.80. The van der Waals surface area contributed by atoms with Crippen molar-refractivity contribution in [2.45, 2.75) is 20.4 Å². The number of halogens is 1. The molecular weight excluding hydrogens is 285 g/mol. The Kier molecular flexibility index (Phi) is 3.23. The van der Waals surface area contributed by atoms with Gasteiger partial charge in [-0.05, 0) is 33.4 Å². The fourth-order valence-corrected chi connectivity index (χ4v) is 1.53. The van der Waals surface area contributed by atoms with Gasteiger partial charge in [-0.15, -0.1) is 0 Å². The summed E-state index contributed by atoms with van der Waals surface area (Å²) >= 11 is 2.04. The van der Waals surface area contributed by atoms with Gasteiger partial charge in [0.25, 0.3) is 0 Å². The minimum Gasteiger partial charge on any atom is -0.358 e. The average Bonchev–Trinajstić information content (AvgIpc) is 2.31. The summed E-state index contributed by atoms with van der Waals surface area (Å²) in [6, 6.07) is 1.48. The van der Waals surface area contributed by atoms with E-state index in [-0.39, 0.29) is 5.82 Å². The summed E-state index contributed by atoms with van der Waals surface area (Å²) in [5.41, 5.74) is 0. The van der Waals surface area contributed by atoms with E-state index in [0.717, 1.165) is 3.70 Å². The Labute approximate surface area is 89.4 Å². The minimum absolute atomic E-state index is 0.0787. The van der Waals surface area contributed by atoms with E-state index < -0.39 is 4.92 Å². The molecule has 0 unspecified atom stereocenters. The summed E-state index contributed by atoms with van der Waals surface area (Å²) in [6.07, 6.45) is 0. The molecule has 5 nitrogen and oxygen atoms in total. The molecule has 0 aliphatic rings. The Morgan fingerprint density at radius 3 is 2.77 bits per heavy atom. The van der Waals surface area contributed by atoms with Crippen molar-refractivity contribution in [1.29, 1.82) is 0 Å². The second kappa shape index (κ2) is 4.03. The molecule has 0 aliphatic heterocycles. The van der Waals surface area contributed by atoms with Crippen LogP contribution >= 0.6 is 22.6 Å². The third kappa shape index (κ3) is 2.64. The van der Waals surface area contributed by atoms with Gasteiger partial charge in [0.05, 0.1) is 17.7 Å². The van der Waals surface area contributed by atoms with Crippen molar-refractivity contribution in [3.63, 3.8) is 0 Å². The lowest BCUT2D eigenvalue weighted by atomic mass is 10.2. The first-order valence-corrected chi connectivity index (χ1v) is 4.96. The molecule has 0 atom stereocenters. The molecule has 0 saturated carbocycles. The van der Waals surface area contributed by atoms with Gasteiger partial charge in [-0.25, -0.2) is 0 Å². The SMILES string of the molecule is CC(C)Cn1nc([N+](=O)[O-])cc1I. The molecule has 0 bridgehead atoms. The number of hydrogen-bond acceptors (Lipinski definition) is 3. The zero-order valence-corrected chi connectivity index (χ0v) is 9.56. The molecule has 1 aromatic heterocycles. The van der Waals surface area contributed by atoms with Crippen LogP contribution in [0.2, 0.25) is 0 Å². The first kappa shape index (κ1) is 10.4. The van der Waals surface area contributed by atoms with E-state index in [1.165, 1.54) is 6.07 Å². The fraction of sp³-hybridized carbons (Fsp3) is 0.571. The largest absolute Gasteiger partial charge is 0.391 e. The van der Waals surface area contributed by atoms with Gasteiger partial charge < -0.3 is 10.1 Å². The highest BCUT2D eigenvalue weighted by Gasteiger charge is 2.16. The van der Waals surface area contributed by atoms with Gasteiger partial charge in [0.1, 0.15) is 3.70 Å². The first-order chi connectivity index (χ1) is 6.00. The van der Waals surface area contributed by atoms with Crippen LogP contribution in [0.1, 0.15) is 13.8 Å². The van der Waals surface area contributed by atoms with Gasteiger partial charge in [-0.3, -0.25) is 0 Å². The van der Waals surface area contributed by atoms with E-state index in [1.54, 1.807) is 4.68 Å². The molecule has 0 spiro atoms. The van der Waals surface area contributed by atoms with Crippen molar-refractivity contribution in [3.05, 3.63) is 19.9 Å². The zero-order chi connectivity index (χ0) is 10.0. The van der Waals surface area contributed by atoms with Gasteiger partial charge >= 0.3 is 5.82 Å². The molecule has 1 aromatic rings. The standard InChI is InChI=1S/C7H10IN3O2/c1-5(2)4-10-6(8)3-7(9-10)11(12)13/h3,5H,4H2,1-2H3. The van der Waals surface area contributed by atoms with E-state index in [4.69, 9.17) is 0 Å². The predicted molar refractivity (Wildman–Crippen MR) is 56.4 cm³/mol. The van der Waals surface area contributed by atoms with Gasteiger partial charge in [-0.1, -0.05) is 13.8 Å². The lowest BCUT2D eigenvalue weighted by Gasteiger charge is -2.00. The molecule has 1 rings (SSSR count). The summed E-state index contributed by atoms with van der Waals surface area (Å²) in [5.74, 6) is 0.359. The molecule has 13 heavy (non-hydrogen) atoms. The quantitative estimate of drug-likeness (QED) is 0.487. The van der Waals surface area contributed by atoms with Crippen molar-refractivity contribution >= 4 is 28.4 Å². The Balaban J connectivity index is 2.90. The average molecular weight is 295 g/mol. The summed E-state index contributed by atoms with van der Waals surface area (Å²) in [5, 5.41) is 14.2. The maximum absolute atomic E-state index is 10.4. The van der Waals surface area contributed by atoms with E-state index in [0.29, 0.717) is 12.5 Å². The molecule has 6 heteroatoms. The molecule has 1 heterocycles. The van der Waals surface area contributed by atoms with Crippen LogP contribution in [-0.2, 0) is 6.54 Å². The van der Waals surface area contributed by atoms with Gasteiger partial charge in [0, 0.05) is 0 Å². The van der Waals surface area contributed by atoms with Gasteiger partial charge in [-0.2, -0.15) is 4.68 Å². The molecule has 0 aromatic carbocycles. The molecule has 0 radical (unpaired) electrons. The first-order valence-electron chi connectivity index (χ1n) is 3.88. The Hall–Kier alpha value is -0.660. The third-order valence-corrected chi connectivity index (χ3v) is 2.31. The maximum atomic E-state index is 10.4. The van der Waals surface area contributed by atoms with Crippen LogP contribution in [0, 0.1) is 19.7 Å². The van der Waals surface area contributed by atoms with Crippen molar-refractivity contribution in [3.8, 4) is 0 Å². The van der Waals surface area contributed by atoms with Crippen LogP contribution in [0.4, 0.5) is 5.82 Å². The molecule has 0 aliphatic carbocycles. The zero-order valence-electron chi connectivity index (χ0n) is 7.40. The second-order valence-electron chi connectivity index (χ2n) is 3.16. The summed E-state index contributed by atoms with van der Waals surface area (Å²) < 4.78 is 2.46. The summed E-state index contributed by atoms with van der Waals surface area (Å²) in [4.78, 5) is 9.91. The number of hydrogen-bond donors (Lipinski definition) is 0. The highest BCUT2D eigenvalue weighted by molar-refractivity contribution is 14.1. The van der Waals surface area contributed by atoms with Crippen molar-refractivity contribution < 1.29 is 4.92 Å². The minimum atomic E-state index is -0.473. The van der Waals surface area contributed by atoms with Crippen LogP contribution in [0.15, 0.2) is 6.07 Å². The van der Waals surface area contributed by atoms with Gasteiger partial charge in [0.15, 0.2) is 0 Å². The molecule has 0 fully saturated rings. The second-order valence-corrected chi connectivity index (χ2v) is 4.26. The van der Waals surface area contributed by atoms with Crippen LogP contribution in [0.5, 0.6) is 0 Å². The summed E-state index contributed by atoms with van der Waals surface area (Å²) in [7, 11) is 0. The molecular formula is C7H10IN3O2. The normalized spacial score (nSPS) is 10.8. The predicted octanol–water partition coefficient (Wildman–Crippen LogP) is 2.05. The lowest BCUT2D eigenvalue weighted by molar-refractivity contribution is -0.389. The van der Waals surface area contributed by atoms with Crippen LogP contribution < -0.4 is 0 Å². The number of aromatic nitrogens is 2. The molecule has 0 amide bonds. The lowest BCUT2D eigenvalue weighted by Crippen LogP contribution is -2.07. The molecule has 72 valence electrons. The van der Waals surface area contributed by atoms with E-state index in [1.807, 2.05) is 36.4 Å². The van der Waals surface area contributed by atoms with Crippen molar-refractivity contribution in [2.75, 3.05) is 0 Å². The number of rotatable bonds is 3. The van der Waals surface area contributed by atoms with Crippen molar-refractivity contribution in [2.24, 2.45) is 5.92 Å². The third-order valence-electron chi connectivity index (χ3n) is 1.44. The van der Waals surface area contributed by atoms with Crippen LogP contribution in [-0.4, -0.2) is 14.7 Å². The van der Waals surface area contributed by atoms with Gasteiger partial charge in [0.2, 0.25) is 0 Å². The van der Waals surface area contributed by atoms with E-state index >= 15 is 0 Å². The van der Waals surface area contributed by atoms with Crippen LogP contribution in [0.25, 0.3) is 0 Å². The fourth-order valence-electron chi connectivity index (χ4n) is 0.944. The highest BCUT2D eigenvalue weighted by atomic mass is 127. The Morgan fingerprint density at radius 1 is 1.77 bits per heavy atom. The van der Waals surface area contributed by atoms with E-state index in [9.17, 15) is 10.1 Å². The monoisotopic (exact) mass is 295 g/mol. The van der Waals surface area contributed by atoms with E-state index in [2.05, 4.69) is 5.10 Å². The maximum Gasteiger partial charge on any atom is 0.391 e. The smallest absolute Gasteiger partial charge is 0.358 e. The number of nitro groups is 1. The van der Waals surface area contributed by atoms with Crippen molar-refractivity contribution in [1.82, 2.24) is 9.78 Å². The number of nitrogens with zero attached hydrogens (tertiary/aromatic N) is 3. The molecule has 0 N–H and O–H groups in total. The Bertz CT molecular complexity index is 322.